The van der Waals surface area contributed by atoms with Gasteiger partial charge in [0.15, 0.2) is 5.58 Å². The lowest BCUT2D eigenvalue weighted by Gasteiger charge is -2.23. The monoisotopic (exact) mass is 418 g/mol. The second-order valence-corrected chi connectivity index (χ2v) is 8.85. The molecule has 1 amide bonds. The van der Waals surface area contributed by atoms with E-state index in [-0.39, 0.29) is 5.91 Å². The highest BCUT2D eigenvalue weighted by atomic mass is 16.3. The van der Waals surface area contributed by atoms with Gasteiger partial charge in [0, 0.05) is 17.3 Å². The maximum Gasteiger partial charge on any atom is 0.255 e. The quantitative estimate of drug-likeness (QED) is 0.637. The van der Waals surface area contributed by atoms with Gasteiger partial charge in [-0.15, -0.1) is 0 Å². The molecule has 2 aliphatic heterocycles. The van der Waals surface area contributed by atoms with E-state index >= 15 is 0 Å². The molecule has 6 nitrogen and oxygen atoms in total. The third-order valence-electron chi connectivity index (χ3n) is 6.70. The number of benzene rings is 2. The predicted molar refractivity (Wildman–Crippen MR) is 122 cm³/mol. The Morgan fingerprint density at radius 1 is 1.16 bits per heavy atom. The van der Waals surface area contributed by atoms with Crippen molar-refractivity contribution in [3.8, 4) is 0 Å². The van der Waals surface area contributed by atoms with Gasteiger partial charge in [-0.1, -0.05) is 12.1 Å². The van der Waals surface area contributed by atoms with Crippen LogP contribution < -0.4 is 10.6 Å². The van der Waals surface area contributed by atoms with Gasteiger partial charge in [0.05, 0.1) is 6.54 Å². The second kappa shape index (κ2) is 8.81. The number of amides is 1. The molecule has 2 fully saturated rings. The van der Waals surface area contributed by atoms with Crippen LogP contribution in [0.3, 0.4) is 0 Å². The zero-order valence-electron chi connectivity index (χ0n) is 18.1. The number of carbonyl (C=O) groups is 1. The maximum atomic E-state index is 12.7. The van der Waals surface area contributed by atoms with Gasteiger partial charge in [0.1, 0.15) is 5.52 Å². The minimum Gasteiger partial charge on any atom is -0.439 e. The van der Waals surface area contributed by atoms with Gasteiger partial charge >= 0.3 is 0 Å². The van der Waals surface area contributed by atoms with Crippen molar-refractivity contribution in [2.75, 3.05) is 25.0 Å². The van der Waals surface area contributed by atoms with E-state index in [0.717, 1.165) is 61.7 Å². The minimum atomic E-state index is -0.106. The van der Waals surface area contributed by atoms with Crippen molar-refractivity contribution in [1.29, 1.82) is 0 Å². The molecular formula is C25H30N4O2. The van der Waals surface area contributed by atoms with Crippen molar-refractivity contribution in [3.05, 3.63) is 59.5 Å². The van der Waals surface area contributed by atoms with Gasteiger partial charge in [-0.3, -0.25) is 9.69 Å². The van der Waals surface area contributed by atoms with E-state index < -0.39 is 0 Å². The molecule has 2 aliphatic rings. The summed E-state index contributed by atoms with van der Waals surface area (Å²) in [5.74, 6) is 1.22. The van der Waals surface area contributed by atoms with E-state index in [9.17, 15) is 4.79 Å². The molecule has 0 saturated carbocycles. The van der Waals surface area contributed by atoms with E-state index in [1.54, 1.807) is 0 Å². The van der Waals surface area contributed by atoms with Crippen molar-refractivity contribution in [1.82, 2.24) is 15.2 Å². The number of aromatic nitrogens is 1. The third-order valence-corrected chi connectivity index (χ3v) is 6.70. The van der Waals surface area contributed by atoms with Crippen LogP contribution in [0, 0.1) is 0 Å². The minimum absolute atomic E-state index is 0.106. The summed E-state index contributed by atoms with van der Waals surface area (Å²) in [6.45, 7) is 6.22. The summed E-state index contributed by atoms with van der Waals surface area (Å²) in [7, 11) is 0. The summed E-state index contributed by atoms with van der Waals surface area (Å²) in [6.07, 6.45) is 4.77. The van der Waals surface area contributed by atoms with Crippen LogP contribution in [0.4, 0.5) is 5.69 Å². The van der Waals surface area contributed by atoms with E-state index in [0.29, 0.717) is 17.5 Å². The molecule has 0 unspecified atom stereocenters. The Morgan fingerprint density at radius 2 is 1.97 bits per heavy atom. The van der Waals surface area contributed by atoms with Crippen LogP contribution in [0.1, 0.15) is 60.3 Å². The summed E-state index contributed by atoms with van der Waals surface area (Å²) in [6, 6.07) is 14.3. The molecule has 31 heavy (non-hydrogen) atoms. The Morgan fingerprint density at radius 3 is 2.71 bits per heavy atom. The van der Waals surface area contributed by atoms with Crippen molar-refractivity contribution >= 4 is 22.7 Å². The Labute approximate surface area is 183 Å². The number of rotatable bonds is 5. The number of likely N-dealkylation sites (tertiary alicyclic amines) is 1. The largest absolute Gasteiger partial charge is 0.439 e. The normalized spacial score (nSPS) is 20.4. The second-order valence-electron chi connectivity index (χ2n) is 8.85. The first-order valence-corrected chi connectivity index (χ1v) is 11.4. The number of carbonyl (C=O) groups excluding carboxylic acids is 1. The summed E-state index contributed by atoms with van der Waals surface area (Å²) < 4.78 is 5.92. The Balaban J connectivity index is 1.25. The molecule has 162 valence electrons. The Kier molecular flexibility index (Phi) is 5.74. The summed E-state index contributed by atoms with van der Waals surface area (Å²) >= 11 is 0. The highest BCUT2D eigenvalue weighted by molar-refractivity contribution is 6.04. The number of hydrogen-bond acceptors (Lipinski definition) is 5. The van der Waals surface area contributed by atoms with Gasteiger partial charge < -0.3 is 15.1 Å². The number of fused-ring (bicyclic) bond motifs is 1. The first-order valence-electron chi connectivity index (χ1n) is 11.4. The first kappa shape index (κ1) is 20.2. The van der Waals surface area contributed by atoms with Crippen molar-refractivity contribution in [2.45, 2.75) is 51.1 Å². The van der Waals surface area contributed by atoms with Gasteiger partial charge in [-0.05, 0) is 94.1 Å². The number of nitrogens with zero attached hydrogens (tertiary/aromatic N) is 2. The number of hydrogen-bond donors (Lipinski definition) is 2. The molecule has 3 aromatic rings. The number of oxazole rings is 1. The van der Waals surface area contributed by atoms with Crippen LogP contribution in [0.15, 0.2) is 46.9 Å². The lowest BCUT2D eigenvalue weighted by atomic mass is 9.90. The Hall–Kier alpha value is -2.70. The van der Waals surface area contributed by atoms with Crippen LogP contribution in [0.25, 0.3) is 11.1 Å². The van der Waals surface area contributed by atoms with Gasteiger partial charge in [0.2, 0.25) is 5.89 Å². The van der Waals surface area contributed by atoms with Gasteiger partial charge in [0.25, 0.3) is 5.91 Å². The number of piperidine rings is 1. The average molecular weight is 419 g/mol. The van der Waals surface area contributed by atoms with E-state index in [1.165, 1.54) is 18.4 Å². The number of anilines is 1. The zero-order chi connectivity index (χ0) is 21.2. The number of nitrogens with one attached hydrogen (secondary N) is 2. The Bertz CT molecular complexity index is 1050. The molecule has 6 heteroatoms. The standard InChI is InChI=1S/C25H30N4O2/c1-17-3-2-14-29(17)16-24-28-22-15-21(8-9-23(22)31-24)27-25(30)20-6-4-18(5-7-20)19-10-12-26-13-11-19/h4-9,15,17,19,26H,2-3,10-14,16H2,1H3,(H,27,30)/t17-/m0/s1. The third kappa shape index (κ3) is 4.50. The first-order chi connectivity index (χ1) is 15.2. The summed E-state index contributed by atoms with van der Waals surface area (Å²) in [5.41, 5.74) is 4.25. The van der Waals surface area contributed by atoms with E-state index in [4.69, 9.17) is 4.42 Å². The molecule has 0 bridgehead atoms. The molecule has 2 N–H and O–H groups in total. The fourth-order valence-electron chi connectivity index (χ4n) is 4.79. The SMILES string of the molecule is C[C@H]1CCCN1Cc1nc2cc(NC(=O)c3ccc(C4CCNCC4)cc3)ccc2o1. The van der Waals surface area contributed by atoms with E-state index in [2.05, 4.69) is 39.6 Å². The highest BCUT2D eigenvalue weighted by Crippen LogP contribution is 2.26. The van der Waals surface area contributed by atoms with Crippen molar-refractivity contribution in [3.63, 3.8) is 0 Å². The topological polar surface area (TPSA) is 70.4 Å². The molecule has 1 aromatic heterocycles. The predicted octanol–water partition coefficient (Wildman–Crippen LogP) is 4.53. The fraction of sp³-hybridized carbons (Fsp3) is 0.440. The lowest BCUT2D eigenvalue weighted by Crippen LogP contribution is -2.26. The molecule has 3 heterocycles. The highest BCUT2D eigenvalue weighted by Gasteiger charge is 2.22. The molecule has 5 rings (SSSR count). The van der Waals surface area contributed by atoms with Crippen LogP contribution >= 0.6 is 0 Å². The molecule has 1 atom stereocenters. The van der Waals surface area contributed by atoms with Crippen LogP contribution in [0.2, 0.25) is 0 Å². The van der Waals surface area contributed by atoms with Crippen LogP contribution in [-0.2, 0) is 6.54 Å². The van der Waals surface area contributed by atoms with E-state index in [1.807, 2.05) is 30.3 Å². The van der Waals surface area contributed by atoms with Crippen molar-refractivity contribution in [2.24, 2.45) is 0 Å². The fourth-order valence-corrected chi connectivity index (χ4v) is 4.79. The maximum absolute atomic E-state index is 12.7. The smallest absolute Gasteiger partial charge is 0.255 e. The van der Waals surface area contributed by atoms with Crippen LogP contribution in [0.5, 0.6) is 0 Å². The molecule has 2 saturated heterocycles. The van der Waals surface area contributed by atoms with Crippen molar-refractivity contribution < 1.29 is 9.21 Å². The molecule has 0 aliphatic carbocycles. The molecular weight excluding hydrogens is 388 g/mol. The zero-order valence-corrected chi connectivity index (χ0v) is 18.1. The lowest BCUT2D eigenvalue weighted by molar-refractivity contribution is 0.102. The molecule has 0 spiro atoms. The average Bonchev–Trinajstić information content (AvgIpc) is 3.39. The van der Waals surface area contributed by atoms with Crippen LogP contribution in [-0.4, -0.2) is 41.5 Å². The van der Waals surface area contributed by atoms with Gasteiger partial charge in [-0.25, -0.2) is 4.98 Å². The molecule has 0 radical (unpaired) electrons. The summed E-state index contributed by atoms with van der Waals surface area (Å²) in [4.78, 5) is 19.8. The summed E-state index contributed by atoms with van der Waals surface area (Å²) in [5, 5.41) is 6.39. The molecule has 2 aromatic carbocycles. The van der Waals surface area contributed by atoms with Gasteiger partial charge in [-0.2, -0.15) is 0 Å².